The smallest absolute Gasteiger partial charge is 0.167 e. The Morgan fingerprint density at radius 1 is 1.24 bits per heavy atom. The first kappa shape index (κ1) is 16.0. The number of imidazole rings is 1. The first-order valence-corrected chi connectivity index (χ1v) is 8.63. The fourth-order valence-corrected chi connectivity index (χ4v) is 3.34. The Balaban J connectivity index is 1.64. The van der Waals surface area contributed by atoms with Gasteiger partial charge in [0.25, 0.3) is 0 Å². The SMILES string of the molecule is Cc1ncc(-c2ccc3cnc(CC(=O)[C@@H]4CCCO4)cc3c2)n1C. The molecule has 0 saturated carbocycles. The van der Waals surface area contributed by atoms with E-state index in [9.17, 15) is 4.79 Å². The third-order valence-electron chi connectivity index (χ3n) is 4.94. The van der Waals surface area contributed by atoms with Crippen LogP contribution >= 0.6 is 0 Å². The number of carbonyl (C=O) groups excluding carboxylic acids is 1. The Kier molecular flexibility index (Phi) is 4.09. The van der Waals surface area contributed by atoms with Crippen molar-refractivity contribution < 1.29 is 9.53 Å². The lowest BCUT2D eigenvalue weighted by Gasteiger charge is -2.09. The molecule has 1 fully saturated rings. The Bertz CT molecular complexity index is 939. The van der Waals surface area contributed by atoms with Crippen LogP contribution < -0.4 is 0 Å². The van der Waals surface area contributed by atoms with Crippen molar-refractivity contribution in [1.82, 2.24) is 14.5 Å². The molecule has 1 aromatic carbocycles. The Hall–Kier alpha value is -2.53. The van der Waals surface area contributed by atoms with Gasteiger partial charge in [0.05, 0.1) is 18.3 Å². The van der Waals surface area contributed by atoms with Gasteiger partial charge in [0.1, 0.15) is 11.9 Å². The van der Waals surface area contributed by atoms with E-state index in [4.69, 9.17) is 4.74 Å². The van der Waals surface area contributed by atoms with E-state index in [1.807, 2.05) is 32.4 Å². The zero-order chi connectivity index (χ0) is 17.4. The minimum absolute atomic E-state index is 0.128. The number of pyridine rings is 1. The highest BCUT2D eigenvalue weighted by molar-refractivity contribution is 5.89. The predicted molar refractivity (Wildman–Crippen MR) is 96.4 cm³/mol. The summed E-state index contributed by atoms with van der Waals surface area (Å²) in [6, 6.07) is 8.28. The van der Waals surface area contributed by atoms with Gasteiger partial charge in [-0.25, -0.2) is 4.98 Å². The number of aryl methyl sites for hydroxylation is 1. The first-order valence-electron chi connectivity index (χ1n) is 8.63. The molecule has 25 heavy (non-hydrogen) atoms. The lowest BCUT2D eigenvalue weighted by molar-refractivity contribution is -0.127. The number of benzene rings is 1. The molecule has 0 amide bonds. The molecule has 128 valence electrons. The third kappa shape index (κ3) is 3.07. The fourth-order valence-electron chi connectivity index (χ4n) is 3.34. The quantitative estimate of drug-likeness (QED) is 0.734. The van der Waals surface area contributed by atoms with E-state index in [1.165, 1.54) is 0 Å². The van der Waals surface area contributed by atoms with Crippen LogP contribution in [0.3, 0.4) is 0 Å². The van der Waals surface area contributed by atoms with E-state index in [2.05, 4.69) is 32.7 Å². The summed E-state index contributed by atoms with van der Waals surface area (Å²) in [7, 11) is 2.01. The highest BCUT2D eigenvalue weighted by Crippen LogP contribution is 2.25. The van der Waals surface area contributed by atoms with Crippen molar-refractivity contribution in [2.45, 2.75) is 32.3 Å². The third-order valence-corrected chi connectivity index (χ3v) is 4.94. The second kappa shape index (κ2) is 6.41. The van der Waals surface area contributed by atoms with Crippen LogP contribution in [0.25, 0.3) is 22.0 Å². The van der Waals surface area contributed by atoms with Crippen LogP contribution in [0.1, 0.15) is 24.4 Å². The normalized spacial score (nSPS) is 17.3. The lowest BCUT2D eigenvalue weighted by atomic mass is 10.0. The Morgan fingerprint density at radius 2 is 2.12 bits per heavy atom. The van der Waals surface area contributed by atoms with Crippen LogP contribution in [0, 0.1) is 6.92 Å². The van der Waals surface area contributed by atoms with Gasteiger partial charge >= 0.3 is 0 Å². The minimum Gasteiger partial charge on any atom is -0.370 e. The van der Waals surface area contributed by atoms with Crippen molar-refractivity contribution >= 4 is 16.6 Å². The molecule has 1 saturated heterocycles. The maximum atomic E-state index is 12.3. The van der Waals surface area contributed by atoms with E-state index in [0.29, 0.717) is 13.0 Å². The van der Waals surface area contributed by atoms with Crippen molar-refractivity contribution in [3.63, 3.8) is 0 Å². The molecule has 3 heterocycles. The molecule has 5 heteroatoms. The van der Waals surface area contributed by atoms with Gasteiger partial charge < -0.3 is 9.30 Å². The minimum atomic E-state index is -0.249. The van der Waals surface area contributed by atoms with Gasteiger partial charge in [-0.05, 0) is 37.3 Å². The fraction of sp³-hybridized carbons (Fsp3) is 0.350. The van der Waals surface area contributed by atoms with Crippen molar-refractivity contribution in [2.24, 2.45) is 7.05 Å². The van der Waals surface area contributed by atoms with E-state index in [0.717, 1.165) is 46.4 Å². The average Bonchev–Trinajstić information content (AvgIpc) is 3.26. The van der Waals surface area contributed by atoms with Crippen molar-refractivity contribution in [3.05, 3.63) is 48.2 Å². The molecule has 3 aromatic rings. The van der Waals surface area contributed by atoms with E-state index in [1.54, 1.807) is 0 Å². The van der Waals surface area contributed by atoms with Gasteiger partial charge in [-0.3, -0.25) is 9.78 Å². The largest absolute Gasteiger partial charge is 0.370 e. The van der Waals surface area contributed by atoms with Gasteiger partial charge in [0.2, 0.25) is 0 Å². The molecule has 0 N–H and O–H groups in total. The number of hydrogen-bond acceptors (Lipinski definition) is 4. The molecule has 0 unspecified atom stereocenters. The molecule has 1 aliphatic heterocycles. The molecule has 0 radical (unpaired) electrons. The van der Waals surface area contributed by atoms with Crippen LogP contribution in [0.2, 0.25) is 0 Å². The summed E-state index contributed by atoms with van der Waals surface area (Å²) >= 11 is 0. The van der Waals surface area contributed by atoms with Crippen LogP contribution in [-0.2, 0) is 23.0 Å². The molecule has 5 nitrogen and oxygen atoms in total. The van der Waals surface area contributed by atoms with Gasteiger partial charge in [-0.2, -0.15) is 0 Å². The van der Waals surface area contributed by atoms with E-state index >= 15 is 0 Å². The Labute approximate surface area is 146 Å². The zero-order valence-electron chi connectivity index (χ0n) is 14.5. The summed E-state index contributed by atoms with van der Waals surface area (Å²) in [5.41, 5.74) is 2.98. The summed E-state index contributed by atoms with van der Waals surface area (Å²) in [5.74, 6) is 1.11. The number of aromatic nitrogens is 3. The predicted octanol–water partition coefficient (Wildman–Crippen LogP) is 3.23. The number of ketones is 1. The molecule has 4 rings (SSSR count). The van der Waals surface area contributed by atoms with Crippen LogP contribution in [0.4, 0.5) is 0 Å². The van der Waals surface area contributed by atoms with Crippen molar-refractivity contribution in [2.75, 3.05) is 6.61 Å². The summed E-state index contributed by atoms with van der Waals surface area (Å²) in [4.78, 5) is 21.1. The maximum Gasteiger partial charge on any atom is 0.167 e. The second-order valence-electron chi connectivity index (χ2n) is 6.63. The lowest BCUT2D eigenvalue weighted by Crippen LogP contribution is -2.21. The van der Waals surface area contributed by atoms with Crippen molar-refractivity contribution in [3.8, 4) is 11.3 Å². The summed E-state index contributed by atoms with van der Waals surface area (Å²) in [6.07, 6.45) is 5.60. The number of nitrogens with zero attached hydrogens (tertiary/aromatic N) is 3. The molecule has 0 bridgehead atoms. The summed E-state index contributed by atoms with van der Waals surface area (Å²) < 4.78 is 7.55. The van der Waals surface area contributed by atoms with Gasteiger partial charge in [-0.15, -0.1) is 0 Å². The molecule has 2 aromatic heterocycles. The van der Waals surface area contributed by atoms with Gasteiger partial charge in [0.15, 0.2) is 5.78 Å². The number of ether oxygens (including phenoxy) is 1. The Morgan fingerprint density at radius 3 is 2.84 bits per heavy atom. The second-order valence-corrected chi connectivity index (χ2v) is 6.63. The molecule has 0 aliphatic carbocycles. The molecular weight excluding hydrogens is 314 g/mol. The average molecular weight is 335 g/mol. The van der Waals surface area contributed by atoms with Gasteiger partial charge in [-0.1, -0.05) is 12.1 Å². The van der Waals surface area contributed by atoms with Gasteiger partial charge in [0, 0.05) is 36.5 Å². The molecule has 1 atom stereocenters. The molecular formula is C20H21N3O2. The maximum absolute atomic E-state index is 12.3. The van der Waals surface area contributed by atoms with Crippen LogP contribution in [0.5, 0.6) is 0 Å². The molecule has 1 aliphatic rings. The number of hydrogen-bond donors (Lipinski definition) is 0. The number of carbonyl (C=O) groups is 1. The van der Waals surface area contributed by atoms with Crippen molar-refractivity contribution in [1.29, 1.82) is 0 Å². The topological polar surface area (TPSA) is 57.0 Å². The van der Waals surface area contributed by atoms with Crippen LogP contribution in [0.15, 0.2) is 36.7 Å². The van der Waals surface area contributed by atoms with Crippen LogP contribution in [-0.4, -0.2) is 33.0 Å². The number of rotatable bonds is 4. The molecule has 0 spiro atoms. The summed E-state index contributed by atoms with van der Waals surface area (Å²) in [5, 5.41) is 2.15. The number of fused-ring (bicyclic) bond motifs is 1. The highest BCUT2D eigenvalue weighted by atomic mass is 16.5. The van der Waals surface area contributed by atoms with E-state index < -0.39 is 0 Å². The number of Topliss-reactive ketones (excluding diaryl/α,β-unsaturated/α-hetero) is 1. The monoisotopic (exact) mass is 335 g/mol. The standard InChI is InChI=1S/C20H21N3O2/c1-13-21-12-18(23(13)2)14-5-6-15-11-22-17(9-16(15)8-14)10-19(24)20-4-3-7-25-20/h5-6,8-9,11-12,20H,3-4,7,10H2,1-2H3/t20-/m0/s1. The zero-order valence-corrected chi connectivity index (χ0v) is 14.5. The van der Waals surface area contributed by atoms with E-state index in [-0.39, 0.29) is 11.9 Å². The first-order chi connectivity index (χ1) is 12.1. The summed E-state index contributed by atoms with van der Waals surface area (Å²) in [6.45, 7) is 2.68. The highest BCUT2D eigenvalue weighted by Gasteiger charge is 2.23.